The van der Waals surface area contributed by atoms with Gasteiger partial charge in [0.25, 0.3) is 0 Å². The molecule has 2 fully saturated rings. The molecule has 3 rings (SSSR count). The molecule has 1 N–H and O–H groups in total. The standard InChI is InChI=1S/C17H26N2O/c1-20-16-9-5-8-15(12-16)19-11-10-18-17(13-19)14-6-3-2-4-7-14/h2-4,6-7,15-18H,5,8-13H2,1H3. The van der Waals surface area contributed by atoms with E-state index in [1.807, 2.05) is 7.11 Å². The zero-order valence-electron chi connectivity index (χ0n) is 12.4. The van der Waals surface area contributed by atoms with E-state index >= 15 is 0 Å². The summed E-state index contributed by atoms with van der Waals surface area (Å²) in [6.07, 6.45) is 5.56. The SMILES string of the molecule is COC1CCCC(N2CCNC(c3ccccc3)C2)C1. The van der Waals surface area contributed by atoms with Gasteiger partial charge >= 0.3 is 0 Å². The average molecular weight is 274 g/mol. The lowest BCUT2D eigenvalue weighted by Crippen LogP contribution is -2.51. The van der Waals surface area contributed by atoms with Crippen LogP contribution in [-0.4, -0.2) is 43.8 Å². The molecule has 20 heavy (non-hydrogen) atoms. The summed E-state index contributed by atoms with van der Waals surface area (Å²) in [5, 5.41) is 3.66. The highest BCUT2D eigenvalue weighted by Crippen LogP contribution is 2.27. The Morgan fingerprint density at radius 2 is 2.05 bits per heavy atom. The first kappa shape index (κ1) is 14.1. The van der Waals surface area contributed by atoms with Crippen molar-refractivity contribution >= 4 is 0 Å². The van der Waals surface area contributed by atoms with E-state index in [0.717, 1.165) is 13.1 Å². The summed E-state index contributed by atoms with van der Waals surface area (Å²) in [7, 11) is 1.86. The van der Waals surface area contributed by atoms with E-state index in [1.165, 1.54) is 37.8 Å². The van der Waals surface area contributed by atoms with Crippen molar-refractivity contribution in [3.63, 3.8) is 0 Å². The smallest absolute Gasteiger partial charge is 0.0586 e. The second-order valence-electron chi connectivity index (χ2n) is 6.09. The fourth-order valence-electron chi connectivity index (χ4n) is 3.68. The molecule has 1 aliphatic carbocycles. The first-order chi connectivity index (χ1) is 9.86. The van der Waals surface area contributed by atoms with E-state index < -0.39 is 0 Å². The molecule has 1 saturated heterocycles. The largest absolute Gasteiger partial charge is 0.381 e. The Balaban J connectivity index is 1.63. The summed E-state index contributed by atoms with van der Waals surface area (Å²) in [6.45, 7) is 3.39. The summed E-state index contributed by atoms with van der Waals surface area (Å²) < 4.78 is 5.58. The van der Waals surface area contributed by atoms with Gasteiger partial charge in [0, 0.05) is 38.8 Å². The number of ether oxygens (including phenoxy) is 1. The highest BCUT2D eigenvalue weighted by Gasteiger charge is 2.30. The molecular formula is C17H26N2O. The van der Waals surface area contributed by atoms with E-state index in [9.17, 15) is 0 Å². The van der Waals surface area contributed by atoms with E-state index in [4.69, 9.17) is 4.74 Å². The Labute approximate surface area is 122 Å². The molecule has 110 valence electrons. The van der Waals surface area contributed by atoms with Crippen LogP contribution in [0.15, 0.2) is 30.3 Å². The lowest BCUT2D eigenvalue weighted by Gasteiger charge is -2.42. The Morgan fingerprint density at radius 3 is 2.85 bits per heavy atom. The Morgan fingerprint density at radius 1 is 1.20 bits per heavy atom. The molecule has 1 aromatic rings. The number of hydrogen-bond acceptors (Lipinski definition) is 3. The van der Waals surface area contributed by atoms with Crippen molar-refractivity contribution in [2.75, 3.05) is 26.7 Å². The molecule has 3 nitrogen and oxygen atoms in total. The Kier molecular flexibility index (Phi) is 4.71. The van der Waals surface area contributed by atoms with E-state index in [0.29, 0.717) is 18.2 Å². The Bertz CT molecular complexity index is 409. The van der Waals surface area contributed by atoms with Crippen molar-refractivity contribution in [2.24, 2.45) is 0 Å². The van der Waals surface area contributed by atoms with Crippen LogP contribution in [0.1, 0.15) is 37.3 Å². The van der Waals surface area contributed by atoms with Gasteiger partial charge in [0.15, 0.2) is 0 Å². The Hall–Kier alpha value is -0.900. The van der Waals surface area contributed by atoms with Gasteiger partial charge in [-0.3, -0.25) is 4.90 Å². The van der Waals surface area contributed by atoms with E-state index in [2.05, 4.69) is 40.5 Å². The summed E-state index contributed by atoms with van der Waals surface area (Å²) in [5.74, 6) is 0. The maximum Gasteiger partial charge on any atom is 0.0586 e. The van der Waals surface area contributed by atoms with E-state index in [-0.39, 0.29) is 0 Å². The molecule has 3 atom stereocenters. The molecule has 0 radical (unpaired) electrons. The average Bonchev–Trinajstić information content (AvgIpc) is 2.56. The first-order valence-corrected chi connectivity index (χ1v) is 7.92. The number of methoxy groups -OCH3 is 1. The van der Waals surface area contributed by atoms with Crippen molar-refractivity contribution in [3.05, 3.63) is 35.9 Å². The summed E-state index contributed by atoms with van der Waals surface area (Å²) in [6, 6.07) is 12.0. The second-order valence-corrected chi connectivity index (χ2v) is 6.09. The molecular weight excluding hydrogens is 248 g/mol. The summed E-state index contributed by atoms with van der Waals surface area (Å²) in [5.41, 5.74) is 1.41. The molecule has 0 amide bonds. The van der Waals surface area contributed by atoms with Crippen molar-refractivity contribution in [2.45, 2.75) is 43.9 Å². The minimum Gasteiger partial charge on any atom is -0.381 e. The van der Waals surface area contributed by atoms with Gasteiger partial charge < -0.3 is 10.1 Å². The van der Waals surface area contributed by atoms with Crippen LogP contribution in [0.3, 0.4) is 0 Å². The highest BCUT2D eigenvalue weighted by atomic mass is 16.5. The predicted molar refractivity (Wildman–Crippen MR) is 81.8 cm³/mol. The third-order valence-corrected chi connectivity index (χ3v) is 4.86. The number of benzene rings is 1. The maximum atomic E-state index is 5.58. The van der Waals surface area contributed by atoms with E-state index in [1.54, 1.807) is 0 Å². The third-order valence-electron chi connectivity index (χ3n) is 4.86. The molecule has 0 bridgehead atoms. The molecule has 1 saturated carbocycles. The van der Waals surface area contributed by atoms with Gasteiger partial charge in [-0.1, -0.05) is 30.3 Å². The van der Waals surface area contributed by atoms with Crippen LogP contribution in [0.5, 0.6) is 0 Å². The van der Waals surface area contributed by atoms with Crippen LogP contribution in [-0.2, 0) is 4.74 Å². The monoisotopic (exact) mass is 274 g/mol. The fraction of sp³-hybridized carbons (Fsp3) is 0.647. The minimum absolute atomic E-state index is 0.471. The van der Waals surface area contributed by atoms with Crippen molar-refractivity contribution < 1.29 is 4.74 Å². The van der Waals surface area contributed by atoms with Gasteiger partial charge in [-0.05, 0) is 31.2 Å². The normalized spacial score (nSPS) is 32.1. The van der Waals surface area contributed by atoms with Crippen LogP contribution >= 0.6 is 0 Å². The molecule has 0 aromatic heterocycles. The van der Waals surface area contributed by atoms with Crippen LogP contribution in [0.4, 0.5) is 0 Å². The van der Waals surface area contributed by atoms with Crippen LogP contribution in [0.2, 0.25) is 0 Å². The molecule has 2 aliphatic rings. The molecule has 1 aliphatic heterocycles. The topological polar surface area (TPSA) is 24.5 Å². The molecule has 1 heterocycles. The van der Waals surface area contributed by atoms with Crippen LogP contribution in [0, 0.1) is 0 Å². The van der Waals surface area contributed by atoms with Crippen LogP contribution < -0.4 is 5.32 Å². The molecule has 3 heteroatoms. The summed E-state index contributed by atoms with van der Waals surface area (Å²) in [4.78, 5) is 2.68. The molecule has 1 aromatic carbocycles. The molecule has 0 spiro atoms. The predicted octanol–water partition coefficient (Wildman–Crippen LogP) is 2.59. The highest BCUT2D eigenvalue weighted by molar-refractivity contribution is 5.19. The third kappa shape index (κ3) is 3.22. The second kappa shape index (κ2) is 6.70. The van der Waals surface area contributed by atoms with Crippen molar-refractivity contribution in [1.29, 1.82) is 0 Å². The first-order valence-electron chi connectivity index (χ1n) is 7.92. The number of rotatable bonds is 3. The quantitative estimate of drug-likeness (QED) is 0.917. The fourth-order valence-corrected chi connectivity index (χ4v) is 3.68. The van der Waals surface area contributed by atoms with Gasteiger partial charge in [-0.15, -0.1) is 0 Å². The van der Waals surface area contributed by atoms with Crippen LogP contribution in [0.25, 0.3) is 0 Å². The van der Waals surface area contributed by atoms with Crippen molar-refractivity contribution in [1.82, 2.24) is 10.2 Å². The van der Waals surface area contributed by atoms with Gasteiger partial charge in [0.2, 0.25) is 0 Å². The molecule has 3 unspecified atom stereocenters. The number of nitrogens with one attached hydrogen (secondary N) is 1. The summed E-state index contributed by atoms with van der Waals surface area (Å²) >= 11 is 0. The van der Waals surface area contributed by atoms with Gasteiger partial charge in [-0.2, -0.15) is 0 Å². The minimum atomic E-state index is 0.471. The maximum absolute atomic E-state index is 5.58. The number of nitrogens with zero attached hydrogens (tertiary/aromatic N) is 1. The lowest BCUT2D eigenvalue weighted by atomic mass is 9.90. The van der Waals surface area contributed by atoms with Gasteiger partial charge in [0.1, 0.15) is 0 Å². The zero-order chi connectivity index (χ0) is 13.8. The zero-order valence-corrected chi connectivity index (χ0v) is 12.4. The number of piperazine rings is 1. The number of hydrogen-bond donors (Lipinski definition) is 1. The van der Waals surface area contributed by atoms with Gasteiger partial charge in [0.05, 0.1) is 6.10 Å². The van der Waals surface area contributed by atoms with Crippen molar-refractivity contribution in [3.8, 4) is 0 Å². The van der Waals surface area contributed by atoms with Gasteiger partial charge in [-0.25, -0.2) is 0 Å². The lowest BCUT2D eigenvalue weighted by molar-refractivity contribution is 0.0195.